The van der Waals surface area contributed by atoms with Gasteiger partial charge in [0.05, 0.1) is 5.69 Å². The Morgan fingerprint density at radius 2 is 1.68 bits per heavy atom. The lowest BCUT2D eigenvalue weighted by Crippen LogP contribution is -1.75. The van der Waals surface area contributed by atoms with Gasteiger partial charge in [0.25, 0.3) is 0 Å². The van der Waals surface area contributed by atoms with Crippen molar-refractivity contribution in [3.05, 3.63) is 66.0 Å². The first-order chi connectivity index (χ1) is 9.42. The SMILES string of the molecule is C(=C\c1ccn[nH]1)/c1ccc2ccccc2c1.CC. The van der Waals surface area contributed by atoms with Gasteiger partial charge in [0, 0.05) is 6.20 Å². The van der Waals surface area contributed by atoms with Crippen LogP contribution in [0.4, 0.5) is 0 Å². The number of aromatic nitrogens is 2. The number of hydrogen-bond donors (Lipinski definition) is 1. The second-order valence-electron chi connectivity index (χ2n) is 3.95. The molecule has 0 amide bonds. The van der Waals surface area contributed by atoms with Crippen molar-refractivity contribution in [3.8, 4) is 0 Å². The van der Waals surface area contributed by atoms with E-state index < -0.39 is 0 Å². The van der Waals surface area contributed by atoms with Crippen LogP contribution in [-0.2, 0) is 0 Å². The molecule has 2 aromatic carbocycles. The van der Waals surface area contributed by atoms with Crippen molar-refractivity contribution >= 4 is 22.9 Å². The van der Waals surface area contributed by atoms with E-state index in [2.05, 4.69) is 58.7 Å². The molecule has 0 saturated heterocycles. The first-order valence-electron chi connectivity index (χ1n) is 6.58. The van der Waals surface area contributed by atoms with Gasteiger partial charge in [0.15, 0.2) is 0 Å². The summed E-state index contributed by atoms with van der Waals surface area (Å²) in [7, 11) is 0. The van der Waals surface area contributed by atoms with Gasteiger partial charge in [-0.25, -0.2) is 0 Å². The summed E-state index contributed by atoms with van der Waals surface area (Å²) in [5.74, 6) is 0. The van der Waals surface area contributed by atoms with Gasteiger partial charge in [-0.15, -0.1) is 0 Å². The third-order valence-electron chi connectivity index (χ3n) is 2.75. The maximum absolute atomic E-state index is 3.91. The van der Waals surface area contributed by atoms with Gasteiger partial charge in [-0.2, -0.15) is 5.10 Å². The van der Waals surface area contributed by atoms with Crippen molar-refractivity contribution in [1.29, 1.82) is 0 Å². The van der Waals surface area contributed by atoms with Gasteiger partial charge in [-0.3, -0.25) is 5.10 Å². The fraction of sp³-hybridized carbons (Fsp3) is 0.118. The van der Waals surface area contributed by atoms with E-state index >= 15 is 0 Å². The quantitative estimate of drug-likeness (QED) is 0.698. The molecule has 3 aromatic rings. The molecule has 0 unspecified atom stereocenters. The van der Waals surface area contributed by atoms with Gasteiger partial charge in [-0.05, 0) is 34.5 Å². The molecule has 1 aromatic heterocycles. The lowest BCUT2D eigenvalue weighted by atomic mass is 10.1. The van der Waals surface area contributed by atoms with Gasteiger partial charge < -0.3 is 0 Å². The molecule has 1 N–H and O–H groups in total. The van der Waals surface area contributed by atoms with Gasteiger partial charge in [0.1, 0.15) is 0 Å². The number of H-pyrrole nitrogens is 1. The molecule has 2 heteroatoms. The summed E-state index contributed by atoms with van der Waals surface area (Å²) >= 11 is 0. The van der Waals surface area contributed by atoms with E-state index in [0.717, 1.165) is 5.69 Å². The summed E-state index contributed by atoms with van der Waals surface area (Å²) in [4.78, 5) is 0. The molecule has 0 fully saturated rings. The summed E-state index contributed by atoms with van der Waals surface area (Å²) in [5, 5.41) is 9.35. The molecule has 1 heterocycles. The predicted molar refractivity (Wildman–Crippen MR) is 82.8 cm³/mol. The van der Waals surface area contributed by atoms with E-state index in [1.54, 1.807) is 6.20 Å². The molecule has 19 heavy (non-hydrogen) atoms. The van der Waals surface area contributed by atoms with E-state index in [1.807, 2.05) is 26.0 Å². The fourth-order valence-corrected chi connectivity index (χ4v) is 1.86. The third-order valence-corrected chi connectivity index (χ3v) is 2.75. The number of nitrogens with zero attached hydrogens (tertiary/aromatic N) is 1. The van der Waals surface area contributed by atoms with Crippen molar-refractivity contribution in [2.24, 2.45) is 0 Å². The van der Waals surface area contributed by atoms with Gasteiger partial charge in [-0.1, -0.05) is 56.3 Å². The van der Waals surface area contributed by atoms with E-state index in [-0.39, 0.29) is 0 Å². The van der Waals surface area contributed by atoms with Crippen LogP contribution in [-0.4, -0.2) is 10.2 Å². The summed E-state index contributed by atoms with van der Waals surface area (Å²) in [5.41, 5.74) is 2.21. The fourth-order valence-electron chi connectivity index (χ4n) is 1.86. The monoisotopic (exact) mass is 250 g/mol. The van der Waals surface area contributed by atoms with E-state index in [4.69, 9.17) is 0 Å². The molecule has 3 rings (SSSR count). The van der Waals surface area contributed by atoms with Crippen LogP contribution in [0.5, 0.6) is 0 Å². The molecule has 2 nitrogen and oxygen atoms in total. The molecular formula is C17H18N2. The molecule has 0 aliphatic heterocycles. The minimum absolute atomic E-state index is 1.01. The molecular weight excluding hydrogens is 232 g/mol. The Balaban J connectivity index is 0.000000637. The Bertz CT molecular complexity index is 652. The highest BCUT2D eigenvalue weighted by Gasteiger charge is 1.93. The van der Waals surface area contributed by atoms with Crippen LogP contribution in [0.3, 0.4) is 0 Å². The van der Waals surface area contributed by atoms with Crippen molar-refractivity contribution < 1.29 is 0 Å². The molecule has 0 bridgehead atoms. The summed E-state index contributed by atoms with van der Waals surface area (Å²) in [6.45, 7) is 4.00. The highest BCUT2D eigenvalue weighted by Crippen LogP contribution is 2.17. The zero-order valence-corrected chi connectivity index (χ0v) is 11.3. The second kappa shape index (κ2) is 6.55. The zero-order valence-electron chi connectivity index (χ0n) is 11.3. The predicted octanol–water partition coefficient (Wildman–Crippen LogP) is 4.76. The largest absolute Gasteiger partial charge is 0.278 e. The molecule has 0 atom stereocenters. The number of benzene rings is 2. The smallest absolute Gasteiger partial charge is 0.0577 e. The Morgan fingerprint density at radius 3 is 2.42 bits per heavy atom. The van der Waals surface area contributed by atoms with Crippen LogP contribution in [0.25, 0.3) is 22.9 Å². The minimum Gasteiger partial charge on any atom is -0.278 e. The molecule has 0 spiro atoms. The van der Waals surface area contributed by atoms with Crippen molar-refractivity contribution in [1.82, 2.24) is 10.2 Å². The number of hydrogen-bond acceptors (Lipinski definition) is 1. The van der Waals surface area contributed by atoms with Crippen molar-refractivity contribution in [2.45, 2.75) is 13.8 Å². The number of aromatic amines is 1. The maximum Gasteiger partial charge on any atom is 0.0577 e. The Morgan fingerprint density at radius 1 is 0.895 bits per heavy atom. The van der Waals surface area contributed by atoms with Gasteiger partial charge in [0.2, 0.25) is 0 Å². The van der Waals surface area contributed by atoms with Crippen molar-refractivity contribution in [3.63, 3.8) is 0 Å². The molecule has 0 saturated carbocycles. The Hall–Kier alpha value is -2.35. The topological polar surface area (TPSA) is 28.7 Å². The number of rotatable bonds is 2. The standard InChI is InChI=1S/C15H12N2.C2H6/c1-2-4-14-11-12(5-7-13(14)3-1)6-8-15-9-10-16-17-15;1-2/h1-11H,(H,16,17);1-2H3/b8-6+;. The molecule has 96 valence electrons. The van der Waals surface area contributed by atoms with Crippen LogP contribution in [0.1, 0.15) is 25.1 Å². The highest BCUT2D eigenvalue weighted by atomic mass is 15.1. The normalized spacial score (nSPS) is 10.4. The van der Waals surface area contributed by atoms with E-state index in [1.165, 1.54) is 16.3 Å². The van der Waals surface area contributed by atoms with Crippen LogP contribution in [0.15, 0.2) is 54.7 Å². The summed E-state index contributed by atoms with van der Waals surface area (Å²) < 4.78 is 0. The lowest BCUT2D eigenvalue weighted by Gasteiger charge is -1.98. The molecule has 0 radical (unpaired) electrons. The average molecular weight is 250 g/mol. The Labute approximate surface area is 113 Å². The number of fused-ring (bicyclic) bond motifs is 1. The van der Waals surface area contributed by atoms with Gasteiger partial charge >= 0.3 is 0 Å². The summed E-state index contributed by atoms with van der Waals surface area (Å²) in [6.07, 6.45) is 5.86. The first kappa shape index (κ1) is 13.1. The lowest BCUT2D eigenvalue weighted by molar-refractivity contribution is 1.08. The van der Waals surface area contributed by atoms with E-state index in [9.17, 15) is 0 Å². The second-order valence-corrected chi connectivity index (χ2v) is 3.95. The minimum atomic E-state index is 1.01. The average Bonchev–Trinajstić information content (AvgIpc) is 3.00. The highest BCUT2D eigenvalue weighted by molar-refractivity contribution is 5.85. The third kappa shape index (κ3) is 3.32. The number of nitrogens with one attached hydrogen (secondary N) is 1. The van der Waals surface area contributed by atoms with Crippen LogP contribution < -0.4 is 0 Å². The summed E-state index contributed by atoms with van der Waals surface area (Å²) in [6, 6.07) is 16.8. The zero-order chi connectivity index (χ0) is 13.5. The van der Waals surface area contributed by atoms with E-state index in [0.29, 0.717) is 0 Å². The van der Waals surface area contributed by atoms with Crippen LogP contribution in [0.2, 0.25) is 0 Å². The van der Waals surface area contributed by atoms with Crippen LogP contribution in [0, 0.1) is 0 Å². The maximum atomic E-state index is 3.91. The molecule has 0 aliphatic rings. The first-order valence-corrected chi connectivity index (χ1v) is 6.58. The Kier molecular flexibility index (Phi) is 4.51. The molecule has 0 aliphatic carbocycles. The van der Waals surface area contributed by atoms with Crippen LogP contribution >= 0.6 is 0 Å². The van der Waals surface area contributed by atoms with Crippen molar-refractivity contribution in [2.75, 3.05) is 0 Å².